The Kier molecular flexibility index (Phi) is 17.2. The van der Waals surface area contributed by atoms with Gasteiger partial charge in [0.15, 0.2) is 0 Å². The fraction of sp³-hybridized carbons (Fsp3) is 0.800. The summed E-state index contributed by atoms with van der Waals surface area (Å²) in [6.45, 7) is 0.501. The molecule has 0 fully saturated rings. The van der Waals surface area contributed by atoms with Crippen molar-refractivity contribution in [1.29, 1.82) is 0 Å². The predicted molar refractivity (Wildman–Crippen MR) is 48.3 cm³/mol. The van der Waals surface area contributed by atoms with Crippen LogP contribution >= 0.6 is 12.4 Å². The van der Waals surface area contributed by atoms with Crippen LogP contribution < -0.4 is 11.5 Å². The van der Waals surface area contributed by atoms with Gasteiger partial charge in [0, 0.05) is 0 Å². The van der Waals surface area contributed by atoms with Gasteiger partial charge in [-0.3, -0.25) is 4.79 Å². The quantitative estimate of drug-likeness (QED) is 0.494. The summed E-state index contributed by atoms with van der Waals surface area (Å²) >= 11 is 0. The molecule has 0 aliphatic heterocycles. The van der Waals surface area contributed by atoms with Crippen LogP contribution in [0, 0.1) is 0 Å². The number of carboxylic acids is 1. The third-order valence-electron chi connectivity index (χ3n) is 1.04. The van der Waals surface area contributed by atoms with Gasteiger partial charge in [-0.2, -0.15) is 0 Å². The Morgan fingerprint density at radius 1 is 1.55 bits per heavy atom. The van der Waals surface area contributed by atoms with Crippen LogP contribution in [-0.4, -0.2) is 53.2 Å². The number of halogens is 1. The zero-order valence-corrected chi connectivity index (χ0v) is 6.43. The molecule has 0 aromatic carbocycles. The molecule has 4 nitrogen and oxygen atoms in total. The molecule has 5 N–H and O–H groups in total. The average molecular weight is 193 g/mol. The summed E-state index contributed by atoms with van der Waals surface area (Å²) in [4.78, 5) is 10.0. The van der Waals surface area contributed by atoms with Crippen molar-refractivity contribution in [2.75, 3.05) is 6.54 Å². The minimum absolute atomic E-state index is 0. The Balaban J connectivity index is -0.000000320. The van der Waals surface area contributed by atoms with Crippen molar-refractivity contribution in [1.82, 2.24) is 0 Å². The molecule has 64 valence electrons. The number of hydrogen-bond donors (Lipinski definition) is 3. The Morgan fingerprint density at radius 3 is 2.27 bits per heavy atom. The summed E-state index contributed by atoms with van der Waals surface area (Å²) in [6.07, 6.45) is 1.14. The molecule has 0 aliphatic carbocycles. The molecule has 0 radical (unpaired) electrons. The van der Waals surface area contributed by atoms with Gasteiger partial charge in [0.1, 0.15) is 6.04 Å². The zero-order chi connectivity index (χ0) is 7.28. The van der Waals surface area contributed by atoms with Crippen LogP contribution in [0.5, 0.6) is 0 Å². The van der Waals surface area contributed by atoms with Gasteiger partial charge in [-0.25, -0.2) is 0 Å². The molecule has 0 aliphatic rings. The molecule has 0 bridgehead atoms. The molecular weight excluding hydrogens is 179 g/mol. The van der Waals surface area contributed by atoms with Crippen LogP contribution in [0.25, 0.3) is 0 Å². The summed E-state index contributed by atoms with van der Waals surface area (Å²) in [5, 5.41) is 8.24. The van der Waals surface area contributed by atoms with Crippen molar-refractivity contribution in [2.45, 2.75) is 18.9 Å². The van der Waals surface area contributed by atoms with Crippen molar-refractivity contribution in [3.05, 3.63) is 0 Å². The summed E-state index contributed by atoms with van der Waals surface area (Å²) in [6, 6.07) is -0.742. The van der Waals surface area contributed by atoms with Gasteiger partial charge in [-0.15, -0.1) is 12.4 Å². The average Bonchev–Trinajstić information content (AvgIpc) is 1.82. The van der Waals surface area contributed by atoms with Crippen molar-refractivity contribution >= 4 is 47.9 Å². The number of carboxylic acid groups (broad SMARTS) is 1. The molecule has 0 heterocycles. The summed E-state index contributed by atoms with van der Waals surface area (Å²) in [7, 11) is 0. The van der Waals surface area contributed by atoms with Gasteiger partial charge in [0.25, 0.3) is 0 Å². The number of aliphatic carboxylic acids is 1. The van der Waals surface area contributed by atoms with E-state index < -0.39 is 12.0 Å². The maximum absolute atomic E-state index is 10.0. The van der Waals surface area contributed by atoms with E-state index in [1.165, 1.54) is 0 Å². The van der Waals surface area contributed by atoms with Crippen molar-refractivity contribution in [3.63, 3.8) is 0 Å². The number of nitrogens with two attached hydrogens (primary N) is 2. The number of rotatable bonds is 4. The van der Waals surface area contributed by atoms with Gasteiger partial charge in [0.2, 0.25) is 0 Å². The molecule has 0 saturated carbocycles. The van der Waals surface area contributed by atoms with Crippen LogP contribution in [0.1, 0.15) is 12.8 Å². The van der Waals surface area contributed by atoms with E-state index in [2.05, 4.69) is 0 Å². The Morgan fingerprint density at radius 2 is 2.00 bits per heavy atom. The monoisotopic (exact) mass is 192 g/mol. The zero-order valence-electron chi connectivity index (χ0n) is 5.62. The van der Waals surface area contributed by atoms with E-state index in [1.54, 1.807) is 0 Å². The topological polar surface area (TPSA) is 89.3 Å². The van der Waals surface area contributed by atoms with Gasteiger partial charge in [-0.1, -0.05) is 0 Å². The van der Waals surface area contributed by atoms with Gasteiger partial charge >= 0.3 is 35.5 Å². The van der Waals surface area contributed by atoms with E-state index in [9.17, 15) is 4.79 Å². The first-order valence-electron chi connectivity index (χ1n) is 2.87. The molecule has 1 unspecified atom stereocenters. The second-order valence-corrected chi connectivity index (χ2v) is 1.88. The van der Waals surface area contributed by atoms with Crippen molar-refractivity contribution in [3.8, 4) is 0 Å². The van der Waals surface area contributed by atoms with E-state index in [4.69, 9.17) is 16.6 Å². The van der Waals surface area contributed by atoms with Crippen LogP contribution in [0.3, 0.4) is 0 Å². The SMILES string of the molecule is Cl.NCCCC(N)C(=O)O.[NaH]. The summed E-state index contributed by atoms with van der Waals surface area (Å²) in [5.74, 6) is -0.955. The van der Waals surface area contributed by atoms with E-state index in [1.807, 2.05) is 0 Å². The maximum atomic E-state index is 10.0. The Hall–Kier alpha value is 0.680. The number of carbonyl (C=O) groups is 1. The summed E-state index contributed by atoms with van der Waals surface area (Å²) in [5.41, 5.74) is 10.3. The van der Waals surface area contributed by atoms with Crippen LogP contribution in [-0.2, 0) is 4.79 Å². The second kappa shape index (κ2) is 10.7. The molecule has 0 amide bonds. The molecular formula is C5H14ClN2NaO2. The minimum atomic E-state index is -0.955. The fourth-order valence-corrected chi connectivity index (χ4v) is 0.461. The molecule has 0 spiro atoms. The normalized spacial score (nSPS) is 10.7. The van der Waals surface area contributed by atoms with Crippen molar-refractivity contribution in [2.24, 2.45) is 11.5 Å². The molecule has 0 saturated heterocycles. The first-order valence-corrected chi connectivity index (χ1v) is 2.87. The van der Waals surface area contributed by atoms with Gasteiger partial charge in [0.05, 0.1) is 0 Å². The van der Waals surface area contributed by atoms with Crippen LogP contribution in [0.2, 0.25) is 0 Å². The molecule has 0 aromatic rings. The number of hydrogen-bond acceptors (Lipinski definition) is 3. The van der Waals surface area contributed by atoms with Gasteiger partial charge in [-0.05, 0) is 19.4 Å². The van der Waals surface area contributed by atoms with E-state index in [0.29, 0.717) is 19.4 Å². The predicted octanol–water partition coefficient (Wildman–Crippen LogP) is -1.09. The molecule has 11 heavy (non-hydrogen) atoms. The first kappa shape index (κ1) is 17.7. The van der Waals surface area contributed by atoms with E-state index in [-0.39, 0.29) is 42.0 Å². The molecule has 0 aromatic heterocycles. The van der Waals surface area contributed by atoms with Crippen molar-refractivity contribution < 1.29 is 9.90 Å². The standard InChI is InChI=1S/C5H12N2O2.ClH.Na.H/c6-3-1-2-4(7)5(8)9;;;/h4H,1-3,6-7H2,(H,8,9);1H;;. The summed E-state index contributed by atoms with van der Waals surface area (Å²) < 4.78 is 0. The molecule has 0 rings (SSSR count). The second-order valence-electron chi connectivity index (χ2n) is 1.88. The van der Waals surface area contributed by atoms with E-state index >= 15 is 0 Å². The Labute approximate surface area is 94.4 Å². The van der Waals surface area contributed by atoms with Gasteiger partial charge < -0.3 is 16.6 Å². The van der Waals surface area contributed by atoms with Crippen LogP contribution in [0.15, 0.2) is 0 Å². The molecule has 1 atom stereocenters. The molecule has 6 heteroatoms. The van der Waals surface area contributed by atoms with Crippen LogP contribution in [0.4, 0.5) is 0 Å². The first-order chi connectivity index (χ1) is 4.18. The third-order valence-corrected chi connectivity index (χ3v) is 1.04. The fourth-order valence-electron chi connectivity index (χ4n) is 0.461. The third kappa shape index (κ3) is 10.7. The Bertz CT molecular complexity index is 104. The van der Waals surface area contributed by atoms with E-state index in [0.717, 1.165) is 0 Å².